The highest BCUT2D eigenvalue weighted by Crippen LogP contribution is 2.11. The van der Waals surface area contributed by atoms with E-state index in [1.54, 1.807) is 31.2 Å². The molecule has 1 aromatic carbocycles. The number of hydrogen-bond acceptors (Lipinski definition) is 3. The van der Waals surface area contributed by atoms with E-state index < -0.39 is 0 Å². The summed E-state index contributed by atoms with van der Waals surface area (Å²) >= 11 is 0. The van der Waals surface area contributed by atoms with E-state index in [-0.39, 0.29) is 11.8 Å². The van der Waals surface area contributed by atoms with Crippen molar-refractivity contribution >= 4 is 11.8 Å². The summed E-state index contributed by atoms with van der Waals surface area (Å²) in [6, 6.07) is 6.95. The second kappa shape index (κ2) is 8.13. The molecule has 1 rings (SSSR count). The first-order valence-electron chi connectivity index (χ1n) is 6.45. The Labute approximate surface area is 113 Å². The summed E-state index contributed by atoms with van der Waals surface area (Å²) in [7, 11) is 0. The van der Waals surface area contributed by atoms with Gasteiger partial charge in [0, 0.05) is 25.1 Å². The van der Waals surface area contributed by atoms with Crippen LogP contribution >= 0.6 is 0 Å². The van der Waals surface area contributed by atoms with Crippen LogP contribution in [0, 0.1) is 0 Å². The minimum atomic E-state index is -0.159. The molecule has 5 heteroatoms. The van der Waals surface area contributed by atoms with Crippen LogP contribution in [0.3, 0.4) is 0 Å². The van der Waals surface area contributed by atoms with Crippen molar-refractivity contribution in [3.8, 4) is 5.75 Å². The molecule has 5 nitrogen and oxygen atoms in total. The Morgan fingerprint density at radius 1 is 1.05 bits per heavy atom. The molecule has 0 saturated heterocycles. The fraction of sp³-hybridized carbons (Fsp3) is 0.429. The van der Waals surface area contributed by atoms with Gasteiger partial charge in [0.1, 0.15) is 5.75 Å². The number of carbonyl (C=O) groups excluding carboxylic acids is 2. The topological polar surface area (TPSA) is 67.4 Å². The van der Waals surface area contributed by atoms with E-state index in [0.29, 0.717) is 31.7 Å². The van der Waals surface area contributed by atoms with Crippen molar-refractivity contribution in [1.29, 1.82) is 0 Å². The first-order chi connectivity index (χ1) is 9.17. The van der Waals surface area contributed by atoms with Gasteiger partial charge in [-0.15, -0.1) is 0 Å². The molecule has 0 aromatic heterocycles. The van der Waals surface area contributed by atoms with Crippen LogP contribution in [-0.4, -0.2) is 31.5 Å². The summed E-state index contributed by atoms with van der Waals surface area (Å²) in [5.41, 5.74) is 0.574. The van der Waals surface area contributed by atoms with Crippen LogP contribution in [0.2, 0.25) is 0 Å². The molecular formula is C14H20N2O3. The molecule has 0 bridgehead atoms. The van der Waals surface area contributed by atoms with Crippen LogP contribution in [0.25, 0.3) is 0 Å². The van der Waals surface area contributed by atoms with E-state index in [4.69, 9.17) is 4.74 Å². The lowest BCUT2D eigenvalue weighted by Crippen LogP contribution is -2.34. The molecule has 1 aromatic rings. The molecule has 0 spiro atoms. The van der Waals surface area contributed by atoms with Crippen molar-refractivity contribution < 1.29 is 14.3 Å². The molecule has 0 saturated carbocycles. The average Bonchev–Trinajstić information content (AvgIpc) is 2.44. The molecule has 0 heterocycles. The van der Waals surface area contributed by atoms with Crippen LogP contribution in [0.15, 0.2) is 24.3 Å². The van der Waals surface area contributed by atoms with Gasteiger partial charge in [0.05, 0.1) is 6.61 Å². The van der Waals surface area contributed by atoms with Crippen molar-refractivity contribution in [1.82, 2.24) is 10.6 Å². The molecular weight excluding hydrogens is 244 g/mol. The number of benzene rings is 1. The molecule has 0 aliphatic heterocycles. The Balaban J connectivity index is 2.34. The zero-order valence-electron chi connectivity index (χ0n) is 11.4. The Bertz CT molecular complexity index is 415. The predicted molar refractivity (Wildman–Crippen MR) is 73.2 cm³/mol. The number of hydrogen-bond donors (Lipinski definition) is 2. The molecule has 0 aliphatic rings. The van der Waals surface area contributed by atoms with Gasteiger partial charge in [0.15, 0.2) is 0 Å². The van der Waals surface area contributed by atoms with Crippen molar-refractivity contribution in [2.24, 2.45) is 0 Å². The quantitative estimate of drug-likeness (QED) is 0.730. The van der Waals surface area contributed by atoms with Crippen LogP contribution in [0.5, 0.6) is 5.75 Å². The third kappa shape index (κ3) is 5.42. The van der Waals surface area contributed by atoms with Crippen LogP contribution in [0.1, 0.15) is 30.6 Å². The van der Waals surface area contributed by atoms with Crippen LogP contribution in [0.4, 0.5) is 0 Å². The number of ether oxygens (including phenoxy) is 1. The van der Waals surface area contributed by atoms with Crippen molar-refractivity contribution in [2.75, 3.05) is 19.7 Å². The molecule has 19 heavy (non-hydrogen) atoms. The zero-order valence-corrected chi connectivity index (χ0v) is 11.4. The molecule has 104 valence electrons. The highest BCUT2D eigenvalue weighted by Gasteiger charge is 2.05. The summed E-state index contributed by atoms with van der Waals surface area (Å²) in [6.07, 6.45) is 0.451. The number of amides is 2. The molecule has 0 aliphatic carbocycles. The minimum Gasteiger partial charge on any atom is -0.494 e. The summed E-state index contributed by atoms with van der Waals surface area (Å²) in [5, 5.41) is 5.43. The minimum absolute atomic E-state index is 0.0182. The van der Waals surface area contributed by atoms with Gasteiger partial charge >= 0.3 is 0 Å². The van der Waals surface area contributed by atoms with Gasteiger partial charge in [-0.1, -0.05) is 6.92 Å². The summed E-state index contributed by atoms with van der Waals surface area (Å²) in [4.78, 5) is 22.8. The SMILES string of the molecule is CCOc1ccc(C(=O)NCCNC(=O)CC)cc1. The molecule has 0 unspecified atom stereocenters. The number of nitrogens with one attached hydrogen (secondary N) is 2. The Kier molecular flexibility index (Phi) is 6.43. The van der Waals surface area contributed by atoms with E-state index in [1.807, 2.05) is 6.92 Å². The van der Waals surface area contributed by atoms with Crippen LogP contribution in [-0.2, 0) is 4.79 Å². The Morgan fingerprint density at radius 2 is 1.68 bits per heavy atom. The molecule has 2 N–H and O–H groups in total. The first kappa shape index (κ1) is 15.0. The second-order valence-electron chi connectivity index (χ2n) is 3.92. The first-order valence-corrected chi connectivity index (χ1v) is 6.45. The third-order valence-corrected chi connectivity index (χ3v) is 2.48. The Morgan fingerprint density at radius 3 is 2.26 bits per heavy atom. The van der Waals surface area contributed by atoms with Gasteiger partial charge in [-0.05, 0) is 31.2 Å². The maximum Gasteiger partial charge on any atom is 0.251 e. The van der Waals surface area contributed by atoms with E-state index in [1.165, 1.54) is 0 Å². The lowest BCUT2D eigenvalue weighted by Gasteiger charge is -2.07. The van der Waals surface area contributed by atoms with Crippen molar-refractivity contribution in [3.63, 3.8) is 0 Å². The van der Waals surface area contributed by atoms with Gasteiger partial charge in [0.2, 0.25) is 5.91 Å². The predicted octanol–water partition coefficient (Wildman–Crippen LogP) is 1.34. The van der Waals surface area contributed by atoms with Gasteiger partial charge in [-0.2, -0.15) is 0 Å². The maximum atomic E-state index is 11.8. The average molecular weight is 264 g/mol. The third-order valence-electron chi connectivity index (χ3n) is 2.48. The lowest BCUT2D eigenvalue weighted by molar-refractivity contribution is -0.120. The van der Waals surface area contributed by atoms with E-state index >= 15 is 0 Å². The van der Waals surface area contributed by atoms with Crippen molar-refractivity contribution in [2.45, 2.75) is 20.3 Å². The largest absolute Gasteiger partial charge is 0.494 e. The van der Waals surface area contributed by atoms with Crippen LogP contribution < -0.4 is 15.4 Å². The fourth-order valence-electron chi connectivity index (χ4n) is 1.47. The van der Waals surface area contributed by atoms with E-state index in [0.717, 1.165) is 5.75 Å². The summed E-state index contributed by atoms with van der Waals surface area (Å²) < 4.78 is 5.30. The number of rotatable bonds is 7. The zero-order chi connectivity index (χ0) is 14.1. The van der Waals surface area contributed by atoms with E-state index in [9.17, 15) is 9.59 Å². The molecule has 0 fully saturated rings. The smallest absolute Gasteiger partial charge is 0.251 e. The van der Waals surface area contributed by atoms with Gasteiger partial charge in [-0.25, -0.2) is 0 Å². The van der Waals surface area contributed by atoms with Gasteiger partial charge in [0.25, 0.3) is 5.91 Å². The molecule has 2 amide bonds. The highest BCUT2D eigenvalue weighted by atomic mass is 16.5. The normalized spacial score (nSPS) is 9.79. The lowest BCUT2D eigenvalue weighted by atomic mass is 10.2. The molecule has 0 atom stereocenters. The summed E-state index contributed by atoms with van der Waals surface area (Å²) in [5.74, 6) is 0.568. The number of carbonyl (C=O) groups is 2. The summed E-state index contributed by atoms with van der Waals surface area (Å²) in [6.45, 7) is 5.15. The Hall–Kier alpha value is -2.04. The fourth-order valence-corrected chi connectivity index (χ4v) is 1.47. The van der Waals surface area contributed by atoms with Gasteiger partial charge < -0.3 is 15.4 Å². The van der Waals surface area contributed by atoms with Gasteiger partial charge in [-0.3, -0.25) is 9.59 Å². The molecule has 0 radical (unpaired) electrons. The standard InChI is InChI=1S/C14H20N2O3/c1-3-13(17)15-9-10-16-14(18)11-5-7-12(8-6-11)19-4-2/h5-8H,3-4,9-10H2,1-2H3,(H,15,17)(H,16,18). The monoisotopic (exact) mass is 264 g/mol. The second-order valence-corrected chi connectivity index (χ2v) is 3.92. The highest BCUT2D eigenvalue weighted by molar-refractivity contribution is 5.94. The van der Waals surface area contributed by atoms with Crippen molar-refractivity contribution in [3.05, 3.63) is 29.8 Å². The maximum absolute atomic E-state index is 11.8. The van der Waals surface area contributed by atoms with E-state index in [2.05, 4.69) is 10.6 Å².